The summed E-state index contributed by atoms with van der Waals surface area (Å²) in [5.74, 6) is 2.49. The Bertz CT molecular complexity index is 312. The van der Waals surface area contributed by atoms with Crippen molar-refractivity contribution >= 4 is 0 Å². The summed E-state index contributed by atoms with van der Waals surface area (Å²) in [7, 11) is 0. The molecule has 0 spiro atoms. The lowest BCUT2D eigenvalue weighted by molar-refractivity contribution is 0.145. The van der Waals surface area contributed by atoms with E-state index in [1.54, 1.807) is 12.1 Å². The molecule has 0 atom stereocenters. The van der Waals surface area contributed by atoms with Gasteiger partial charge >= 0.3 is 0 Å². The zero-order valence-electron chi connectivity index (χ0n) is 9.63. The van der Waals surface area contributed by atoms with Crippen molar-refractivity contribution in [2.75, 3.05) is 6.54 Å². The molecule has 0 heterocycles. The third kappa shape index (κ3) is 6.15. The predicted molar refractivity (Wildman–Crippen MR) is 63.4 cm³/mol. The Morgan fingerprint density at radius 3 is 2.25 bits per heavy atom. The largest absolute Gasteiger partial charge is 0.307 e. The van der Waals surface area contributed by atoms with E-state index in [4.69, 9.17) is 6.42 Å². The van der Waals surface area contributed by atoms with Crippen molar-refractivity contribution in [2.24, 2.45) is 0 Å². The Morgan fingerprint density at radius 2 is 1.81 bits per heavy atom. The van der Waals surface area contributed by atoms with Crippen LogP contribution in [-0.4, -0.2) is 13.0 Å². The van der Waals surface area contributed by atoms with E-state index in [9.17, 15) is 8.78 Å². The van der Waals surface area contributed by atoms with Gasteiger partial charge < -0.3 is 5.32 Å². The second-order valence-electron chi connectivity index (χ2n) is 2.86. The molecule has 0 aromatic heterocycles. The van der Waals surface area contributed by atoms with Crippen LogP contribution in [-0.2, 0) is 6.54 Å². The average Bonchev–Trinajstić information content (AvgIpc) is 2.32. The van der Waals surface area contributed by atoms with Crippen LogP contribution in [0.2, 0.25) is 0 Å². The minimum Gasteiger partial charge on any atom is -0.307 e. The predicted octanol–water partition coefficient (Wildman–Crippen LogP) is 3.05. The molecule has 1 rings (SSSR count). The summed E-state index contributed by atoms with van der Waals surface area (Å²) in [5.41, 5.74) is 1.74. The maximum absolute atomic E-state index is 11.8. The molecule has 0 saturated heterocycles. The van der Waals surface area contributed by atoms with Crippen LogP contribution in [0.25, 0.3) is 0 Å². The lowest BCUT2D eigenvalue weighted by Gasteiger charge is -2.03. The quantitative estimate of drug-likeness (QED) is 0.777. The summed E-state index contributed by atoms with van der Waals surface area (Å²) in [6.07, 6.45) is 2.87. The van der Waals surface area contributed by atoms with Gasteiger partial charge in [-0.1, -0.05) is 31.9 Å². The molecule has 0 unspecified atom stereocenters. The van der Waals surface area contributed by atoms with Gasteiger partial charge in [-0.2, -0.15) is 0 Å². The maximum atomic E-state index is 11.8. The van der Waals surface area contributed by atoms with Crippen molar-refractivity contribution in [2.45, 2.75) is 26.8 Å². The smallest absolute Gasteiger partial charge is 0.250 e. The molecule has 0 fully saturated rings. The first-order valence-electron chi connectivity index (χ1n) is 5.27. The topological polar surface area (TPSA) is 12.0 Å². The molecule has 0 bridgehead atoms. The molecule has 1 aromatic carbocycles. The summed E-state index contributed by atoms with van der Waals surface area (Å²) in [4.78, 5) is 0. The number of hydrogen-bond acceptors (Lipinski definition) is 1. The molecule has 1 aromatic rings. The van der Waals surface area contributed by atoms with Crippen molar-refractivity contribution in [1.29, 1.82) is 0 Å². The van der Waals surface area contributed by atoms with Gasteiger partial charge in [-0.25, -0.2) is 8.78 Å². The molecule has 88 valence electrons. The fourth-order valence-electron chi connectivity index (χ4n) is 1.04. The van der Waals surface area contributed by atoms with Crippen LogP contribution in [0.1, 0.15) is 25.0 Å². The first-order chi connectivity index (χ1) is 7.72. The van der Waals surface area contributed by atoms with Gasteiger partial charge in [0.05, 0.1) is 6.54 Å². The lowest BCUT2D eigenvalue weighted by atomic mass is 10.1. The van der Waals surface area contributed by atoms with Crippen LogP contribution in [0.15, 0.2) is 24.3 Å². The second-order valence-corrected chi connectivity index (χ2v) is 2.86. The number of halogens is 2. The SMILES string of the molecule is C#Cc1ccc(CNCC(F)F)cc1.CC. The molecule has 0 amide bonds. The first-order valence-corrected chi connectivity index (χ1v) is 5.27. The van der Waals surface area contributed by atoms with Crippen molar-refractivity contribution < 1.29 is 8.78 Å². The Labute approximate surface area is 95.9 Å². The fraction of sp³-hybridized carbons (Fsp3) is 0.385. The highest BCUT2D eigenvalue weighted by molar-refractivity contribution is 5.34. The number of benzene rings is 1. The molecule has 0 aliphatic heterocycles. The summed E-state index contributed by atoms with van der Waals surface area (Å²) in [6.45, 7) is 4.16. The number of nitrogens with one attached hydrogen (secondary N) is 1. The molecular formula is C13H17F2N. The zero-order valence-corrected chi connectivity index (χ0v) is 9.63. The van der Waals surface area contributed by atoms with Crippen LogP contribution in [0.5, 0.6) is 0 Å². The average molecular weight is 225 g/mol. The van der Waals surface area contributed by atoms with Crippen LogP contribution < -0.4 is 5.32 Å². The van der Waals surface area contributed by atoms with Gasteiger partial charge in [-0.15, -0.1) is 6.42 Å². The maximum Gasteiger partial charge on any atom is 0.250 e. The third-order valence-corrected chi connectivity index (χ3v) is 1.75. The molecule has 0 aliphatic rings. The van der Waals surface area contributed by atoms with E-state index in [1.807, 2.05) is 26.0 Å². The lowest BCUT2D eigenvalue weighted by Crippen LogP contribution is -2.20. The number of alkyl halides is 2. The molecular weight excluding hydrogens is 208 g/mol. The standard InChI is InChI=1S/C11H11F2N.C2H6/c1-2-9-3-5-10(6-4-9)7-14-8-11(12)13;1-2/h1,3-6,11,14H,7-8H2;1-2H3. The van der Waals surface area contributed by atoms with Crippen molar-refractivity contribution in [3.05, 3.63) is 35.4 Å². The van der Waals surface area contributed by atoms with Crippen molar-refractivity contribution in [3.8, 4) is 12.3 Å². The van der Waals surface area contributed by atoms with Crippen molar-refractivity contribution in [3.63, 3.8) is 0 Å². The van der Waals surface area contributed by atoms with Crippen LogP contribution in [0, 0.1) is 12.3 Å². The van der Waals surface area contributed by atoms with Crippen LogP contribution >= 0.6 is 0 Å². The van der Waals surface area contributed by atoms with E-state index in [1.165, 1.54) is 0 Å². The monoisotopic (exact) mass is 225 g/mol. The van der Waals surface area contributed by atoms with E-state index >= 15 is 0 Å². The van der Waals surface area contributed by atoms with Gasteiger partial charge in [-0.3, -0.25) is 0 Å². The van der Waals surface area contributed by atoms with Gasteiger partial charge in [0, 0.05) is 12.1 Å². The molecule has 3 heteroatoms. The Kier molecular flexibility index (Phi) is 8.10. The Hall–Kier alpha value is -1.40. The first kappa shape index (κ1) is 14.6. The Morgan fingerprint density at radius 1 is 1.25 bits per heavy atom. The third-order valence-electron chi connectivity index (χ3n) is 1.75. The van der Waals surface area contributed by atoms with Gasteiger partial charge in [0.1, 0.15) is 0 Å². The molecule has 0 radical (unpaired) electrons. The van der Waals surface area contributed by atoms with E-state index in [2.05, 4.69) is 11.2 Å². The normalized spacial score (nSPS) is 9.25. The number of hydrogen-bond donors (Lipinski definition) is 1. The minimum absolute atomic E-state index is 0.281. The van der Waals surface area contributed by atoms with E-state index in [0.29, 0.717) is 6.54 Å². The Balaban J connectivity index is 0.00000106. The molecule has 1 nitrogen and oxygen atoms in total. The van der Waals surface area contributed by atoms with E-state index in [-0.39, 0.29) is 6.54 Å². The molecule has 16 heavy (non-hydrogen) atoms. The second kappa shape index (κ2) is 8.87. The van der Waals surface area contributed by atoms with Crippen molar-refractivity contribution in [1.82, 2.24) is 5.32 Å². The summed E-state index contributed by atoms with van der Waals surface area (Å²) < 4.78 is 23.5. The zero-order chi connectivity index (χ0) is 12.4. The van der Waals surface area contributed by atoms with Gasteiger partial charge in [0.25, 0.3) is 6.43 Å². The van der Waals surface area contributed by atoms with E-state index < -0.39 is 6.43 Å². The summed E-state index contributed by atoms with van der Waals surface area (Å²) in [5, 5.41) is 2.64. The molecule has 1 N–H and O–H groups in total. The van der Waals surface area contributed by atoms with Gasteiger partial charge in [-0.05, 0) is 17.7 Å². The van der Waals surface area contributed by atoms with Gasteiger partial charge in [0.2, 0.25) is 0 Å². The minimum atomic E-state index is -2.31. The van der Waals surface area contributed by atoms with Gasteiger partial charge in [0.15, 0.2) is 0 Å². The van der Waals surface area contributed by atoms with Crippen LogP contribution in [0.4, 0.5) is 8.78 Å². The molecule has 0 saturated carbocycles. The van der Waals surface area contributed by atoms with E-state index in [0.717, 1.165) is 11.1 Å². The number of terminal acetylenes is 1. The molecule has 0 aliphatic carbocycles. The number of rotatable bonds is 4. The highest BCUT2D eigenvalue weighted by atomic mass is 19.3. The highest BCUT2D eigenvalue weighted by Gasteiger charge is 2.00. The highest BCUT2D eigenvalue weighted by Crippen LogP contribution is 2.02. The summed E-state index contributed by atoms with van der Waals surface area (Å²) >= 11 is 0. The summed E-state index contributed by atoms with van der Waals surface area (Å²) in [6, 6.07) is 7.24. The fourth-order valence-corrected chi connectivity index (χ4v) is 1.04. The van der Waals surface area contributed by atoms with Crippen LogP contribution in [0.3, 0.4) is 0 Å².